The highest BCUT2D eigenvalue weighted by Crippen LogP contribution is 2.19. The molecule has 0 spiro atoms. The summed E-state index contributed by atoms with van der Waals surface area (Å²) in [5.74, 6) is -4.12. The van der Waals surface area contributed by atoms with Gasteiger partial charge in [0.1, 0.15) is 5.69 Å². The molecule has 2 aromatic rings. The molecule has 0 aliphatic carbocycles. The fraction of sp³-hybridized carbons (Fsp3) is 0.111. The molecule has 1 aromatic heterocycles. The van der Waals surface area contributed by atoms with Crippen LogP contribution in [0.4, 0.5) is 13.2 Å². The van der Waals surface area contributed by atoms with E-state index in [0.29, 0.717) is 5.69 Å². The Bertz CT molecular complexity index is 523. The second kappa shape index (κ2) is 3.93. The summed E-state index contributed by atoms with van der Waals surface area (Å²) in [5, 5.41) is 7.06. The van der Waals surface area contributed by atoms with Crippen LogP contribution in [0.5, 0.6) is 0 Å². The predicted octanol–water partition coefficient (Wildman–Crippen LogP) is 1.14. The monoisotopic (exact) mass is 228 g/mol. The first-order chi connectivity index (χ1) is 7.65. The van der Waals surface area contributed by atoms with Crippen molar-refractivity contribution in [3.63, 3.8) is 0 Å². The third kappa shape index (κ3) is 1.54. The lowest BCUT2D eigenvalue weighted by molar-refractivity contribution is 0.442. The topological polar surface area (TPSA) is 56.7 Å². The maximum atomic E-state index is 13.4. The lowest BCUT2D eigenvalue weighted by Crippen LogP contribution is -2.10. The summed E-state index contributed by atoms with van der Waals surface area (Å²) in [6.07, 6.45) is 1.32. The molecule has 0 fully saturated rings. The number of halogens is 3. The van der Waals surface area contributed by atoms with Gasteiger partial charge in [0.2, 0.25) is 0 Å². The van der Waals surface area contributed by atoms with E-state index in [0.717, 1.165) is 16.8 Å². The van der Waals surface area contributed by atoms with Crippen molar-refractivity contribution >= 4 is 0 Å². The Morgan fingerprint density at radius 2 is 1.94 bits per heavy atom. The van der Waals surface area contributed by atoms with Crippen LogP contribution in [0.15, 0.2) is 18.3 Å². The van der Waals surface area contributed by atoms with Crippen LogP contribution in [0.1, 0.15) is 5.69 Å². The van der Waals surface area contributed by atoms with Crippen molar-refractivity contribution in [2.24, 2.45) is 5.73 Å². The molecule has 0 amide bonds. The molecule has 0 atom stereocenters. The summed E-state index contributed by atoms with van der Waals surface area (Å²) >= 11 is 0. The number of hydrogen-bond donors (Lipinski definition) is 1. The Labute approximate surface area is 88.5 Å². The predicted molar refractivity (Wildman–Crippen MR) is 49.1 cm³/mol. The van der Waals surface area contributed by atoms with E-state index in [1.165, 1.54) is 6.20 Å². The Morgan fingerprint density at radius 3 is 2.62 bits per heavy atom. The Hall–Kier alpha value is -1.89. The van der Waals surface area contributed by atoms with Gasteiger partial charge in [0, 0.05) is 6.54 Å². The van der Waals surface area contributed by atoms with Crippen LogP contribution < -0.4 is 5.73 Å². The molecule has 84 valence electrons. The zero-order chi connectivity index (χ0) is 11.7. The Kier molecular flexibility index (Phi) is 2.61. The van der Waals surface area contributed by atoms with Crippen molar-refractivity contribution in [3.8, 4) is 5.69 Å². The first-order valence-corrected chi connectivity index (χ1v) is 4.38. The van der Waals surface area contributed by atoms with Crippen LogP contribution in [0.2, 0.25) is 0 Å². The summed E-state index contributed by atoms with van der Waals surface area (Å²) in [6, 6.07) is 1.89. The average molecular weight is 228 g/mol. The van der Waals surface area contributed by atoms with Crippen molar-refractivity contribution in [2.45, 2.75) is 6.54 Å². The molecule has 16 heavy (non-hydrogen) atoms. The molecule has 7 heteroatoms. The number of aromatic nitrogens is 3. The summed E-state index contributed by atoms with van der Waals surface area (Å²) in [4.78, 5) is 0. The van der Waals surface area contributed by atoms with Gasteiger partial charge in [0.25, 0.3) is 0 Å². The van der Waals surface area contributed by atoms with Gasteiger partial charge in [-0.05, 0) is 12.1 Å². The van der Waals surface area contributed by atoms with Crippen molar-refractivity contribution in [1.29, 1.82) is 0 Å². The van der Waals surface area contributed by atoms with Gasteiger partial charge in [0.05, 0.1) is 11.9 Å². The smallest absolute Gasteiger partial charge is 0.196 e. The third-order valence-corrected chi connectivity index (χ3v) is 2.07. The van der Waals surface area contributed by atoms with Gasteiger partial charge in [-0.2, -0.15) is 0 Å². The van der Waals surface area contributed by atoms with E-state index in [4.69, 9.17) is 5.73 Å². The van der Waals surface area contributed by atoms with Crippen LogP contribution in [-0.2, 0) is 6.54 Å². The molecular weight excluding hydrogens is 221 g/mol. The SMILES string of the molecule is NCc1cnnn1-c1ccc(F)c(F)c1F. The van der Waals surface area contributed by atoms with Crippen LogP contribution in [-0.4, -0.2) is 15.0 Å². The zero-order valence-corrected chi connectivity index (χ0v) is 7.99. The molecule has 2 rings (SSSR count). The number of benzene rings is 1. The fourth-order valence-corrected chi connectivity index (χ4v) is 1.28. The van der Waals surface area contributed by atoms with Crippen molar-refractivity contribution in [3.05, 3.63) is 41.5 Å². The summed E-state index contributed by atoms with van der Waals surface area (Å²) in [6.45, 7) is 0.0609. The van der Waals surface area contributed by atoms with Crippen LogP contribution >= 0.6 is 0 Å². The molecule has 0 aliphatic heterocycles. The fourth-order valence-electron chi connectivity index (χ4n) is 1.28. The van der Waals surface area contributed by atoms with E-state index in [9.17, 15) is 13.2 Å². The van der Waals surface area contributed by atoms with E-state index in [2.05, 4.69) is 10.3 Å². The van der Waals surface area contributed by atoms with E-state index in [-0.39, 0.29) is 12.2 Å². The standard InChI is InChI=1S/C9H7F3N4/c10-6-1-2-7(9(12)8(6)11)16-5(3-13)4-14-15-16/h1-2,4H,3,13H2. The first-order valence-electron chi connectivity index (χ1n) is 4.38. The van der Waals surface area contributed by atoms with Gasteiger partial charge in [0.15, 0.2) is 17.5 Å². The minimum Gasteiger partial charge on any atom is -0.325 e. The summed E-state index contributed by atoms with van der Waals surface area (Å²) in [5.41, 5.74) is 5.53. The molecule has 1 heterocycles. The minimum absolute atomic E-state index is 0.0609. The highest BCUT2D eigenvalue weighted by molar-refractivity contribution is 5.35. The normalized spacial score (nSPS) is 10.8. The van der Waals surface area contributed by atoms with E-state index in [1.807, 2.05) is 0 Å². The molecule has 1 aromatic carbocycles. The number of nitrogens with zero attached hydrogens (tertiary/aromatic N) is 3. The van der Waals surface area contributed by atoms with E-state index >= 15 is 0 Å². The lowest BCUT2D eigenvalue weighted by atomic mass is 10.2. The molecule has 0 saturated carbocycles. The maximum Gasteiger partial charge on any atom is 0.196 e. The molecule has 2 N–H and O–H groups in total. The van der Waals surface area contributed by atoms with Gasteiger partial charge < -0.3 is 5.73 Å². The highest BCUT2D eigenvalue weighted by Gasteiger charge is 2.16. The van der Waals surface area contributed by atoms with Crippen molar-refractivity contribution < 1.29 is 13.2 Å². The molecule has 0 bridgehead atoms. The van der Waals surface area contributed by atoms with Crippen LogP contribution in [0, 0.1) is 17.5 Å². The van der Waals surface area contributed by atoms with Gasteiger partial charge in [-0.25, -0.2) is 17.9 Å². The maximum absolute atomic E-state index is 13.4. The first kappa shape index (κ1) is 10.6. The number of nitrogens with two attached hydrogens (primary N) is 1. The molecular formula is C9H7F3N4. The highest BCUT2D eigenvalue weighted by atomic mass is 19.2. The minimum atomic E-state index is -1.55. The van der Waals surface area contributed by atoms with Gasteiger partial charge >= 0.3 is 0 Å². The van der Waals surface area contributed by atoms with Crippen LogP contribution in [0.3, 0.4) is 0 Å². The second-order valence-electron chi connectivity index (χ2n) is 3.04. The molecule has 4 nitrogen and oxygen atoms in total. The van der Waals surface area contributed by atoms with E-state index in [1.54, 1.807) is 0 Å². The average Bonchev–Trinajstić information content (AvgIpc) is 2.74. The van der Waals surface area contributed by atoms with Gasteiger partial charge in [-0.15, -0.1) is 5.10 Å². The summed E-state index contributed by atoms with van der Waals surface area (Å²) in [7, 11) is 0. The Morgan fingerprint density at radius 1 is 1.19 bits per heavy atom. The summed E-state index contributed by atoms with van der Waals surface area (Å²) < 4.78 is 40.1. The zero-order valence-electron chi connectivity index (χ0n) is 7.99. The quantitative estimate of drug-likeness (QED) is 0.784. The van der Waals surface area contributed by atoms with Crippen LogP contribution in [0.25, 0.3) is 5.69 Å². The molecule has 0 saturated heterocycles. The number of rotatable bonds is 2. The van der Waals surface area contributed by atoms with E-state index < -0.39 is 17.5 Å². The molecule has 0 unspecified atom stereocenters. The molecule has 0 aliphatic rings. The number of hydrogen-bond acceptors (Lipinski definition) is 3. The largest absolute Gasteiger partial charge is 0.325 e. The van der Waals surface area contributed by atoms with Gasteiger partial charge in [-0.1, -0.05) is 5.21 Å². The third-order valence-electron chi connectivity index (χ3n) is 2.07. The second-order valence-corrected chi connectivity index (χ2v) is 3.04. The van der Waals surface area contributed by atoms with Gasteiger partial charge in [-0.3, -0.25) is 0 Å². The Balaban J connectivity index is 2.61. The lowest BCUT2D eigenvalue weighted by Gasteiger charge is -2.06. The molecule has 0 radical (unpaired) electrons. The van der Waals surface area contributed by atoms with Crippen molar-refractivity contribution in [1.82, 2.24) is 15.0 Å². The van der Waals surface area contributed by atoms with Crippen molar-refractivity contribution in [2.75, 3.05) is 0 Å².